The molecule has 0 aliphatic heterocycles. The second-order valence-corrected chi connectivity index (χ2v) is 5.38. The third-order valence-electron chi connectivity index (χ3n) is 3.65. The minimum absolute atomic E-state index is 0.702. The molecule has 4 nitrogen and oxygen atoms in total. The zero-order valence-electron chi connectivity index (χ0n) is 11.5. The van der Waals surface area contributed by atoms with Gasteiger partial charge >= 0.3 is 0 Å². The Morgan fingerprint density at radius 2 is 2.10 bits per heavy atom. The number of aromatic nitrogens is 4. The van der Waals surface area contributed by atoms with Gasteiger partial charge in [0.05, 0.1) is 27.9 Å². The number of aryl methyl sites for hydroxylation is 1. The average molecular weight is 297 g/mol. The van der Waals surface area contributed by atoms with Crippen molar-refractivity contribution in [1.82, 2.24) is 19.7 Å². The zero-order chi connectivity index (χ0) is 14.4. The first-order valence-electron chi connectivity index (χ1n) is 6.86. The Morgan fingerprint density at radius 3 is 2.90 bits per heavy atom. The van der Waals surface area contributed by atoms with Crippen LogP contribution in [0.25, 0.3) is 33.3 Å². The fourth-order valence-electron chi connectivity index (χ4n) is 2.70. The SMILES string of the molecule is CCn1nc2cc(Cl)ccc2c1-c1cc2ncccc2[nH]1. The highest BCUT2D eigenvalue weighted by Crippen LogP contribution is 2.31. The van der Waals surface area contributed by atoms with Gasteiger partial charge in [0.25, 0.3) is 0 Å². The molecule has 0 unspecified atom stereocenters. The Morgan fingerprint density at radius 1 is 1.19 bits per heavy atom. The van der Waals surface area contributed by atoms with Crippen LogP contribution >= 0.6 is 11.6 Å². The average Bonchev–Trinajstić information content (AvgIpc) is 3.06. The van der Waals surface area contributed by atoms with E-state index in [1.807, 2.05) is 35.0 Å². The van der Waals surface area contributed by atoms with E-state index < -0.39 is 0 Å². The van der Waals surface area contributed by atoms with Crippen molar-refractivity contribution in [3.63, 3.8) is 0 Å². The second kappa shape index (κ2) is 4.60. The van der Waals surface area contributed by atoms with Crippen LogP contribution in [-0.2, 0) is 6.54 Å². The van der Waals surface area contributed by atoms with Gasteiger partial charge in [0.2, 0.25) is 0 Å². The van der Waals surface area contributed by atoms with Crippen LogP contribution < -0.4 is 0 Å². The first-order valence-corrected chi connectivity index (χ1v) is 7.24. The third-order valence-corrected chi connectivity index (χ3v) is 3.88. The maximum atomic E-state index is 6.07. The van der Waals surface area contributed by atoms with Crippen molar-refractivity contribution in [1.29, 1.82) is 0 Å². The molecule has 0 amide bonds. The Balaban J connectivity index is 2.04. The molecular weight excluding hydrogens is 284 g/mol. The van der Waals surface area contributed by atoms with Gasteiger partial charge in [-0.05, 0) is 43.3 Å². The van der Waals surface area contributed by atoms with Crippen molar-refractivity contribution in [2.24, 2.45) is 0 Å². The quantitative estimate of drug-likeness (QED) is 0.601. The highest BCUT2D eigenvalue weighted by Gasteiger charge is 2.15. The summed E-state index contributed by atoms with van der Waals surface area (Å²) in [6.07, 6.45) is 1.80. The number of halogens is 1. The Kier molecular flexibility index (Phi) is 2.72. The molecule has 5 heteroatoms. The normalized spacial score (nSPS) is 11.5. The molecule has 4 aromatic rings. The summed E-state index contributed by atoms with van der Waals surface area (Å²) < 4.78 is 1.99. The van der Waals surface area contributed by atoms with Crippen LogP contribution in [0.4, 0.5) is 0 Å². The van der Waals surface area contributed by atoms with E-state index in [9.17, 15) is 0 Å². The number of benzene rings is 1. The zero-order valence-corrected chi connectivity index (χ0v) is 12.2. The first-order chi connectivity index (χ1) is 10.3. The summed E-state index contributed by atoms with van der Waals surface area (Å²) in [6, 6.07) is 11.8. The first kappa shape index (κ1) is 12.4. The number of nitrogens with zero attached hydrogens (tertiary/aromatic N) is 3. The lowest BCUT2D eigenvalue weighted by atomic mass is 10.1. The molecule has 0 saturated carbocycles. The van der Waals surface area contributed by atoms with E-state index in [1.54, 1.807) is 6.20 Å². The molecule has 1 aromatic carbocycles. The predicted molar refractivity (Wildman–Crippen MR) is 85.5 cm³/mol. The maximum Gasteiger partial charge on any atom is 0.0945 e. The number of H-pyrrole nitrogens is 1. The molecule has 104 valence electrons. The molecular formula is C16H13ClN4. The highest BCUT2D eigenvalue weighted by molar-refractivity contribution is 6.31. The van der Waals surface area contributed by atoms with Crippen LogP contribution in [0, 0.1) is 0 Å². The van der Waals surface area contributed by atoms with Crippen LogP contribution in [-0.4, -0.2) is 19.7 Å². The number of fused-ring (bicyclic) bond motifs is 2. The summed E-state index contributed by atoms with van der Waals surface area (Å²) in [4.78, 5) is 7.80. The van der Waals surface area contributed by atoms with Gasteiger partial charge < -0.3 is 4.98 Å². The van der Waals surface area contributed by atoms with Crippen molar-refractivity contribution in [2.45, 2.75) is 13.5 Å². The number of nitrogens with one attached hydrogen (secondary N) is 1. The number of hydrogen-bond acceptors (Lipinski definition) is 2. The van der Waals surface area contributed by atoms with Gasteiger partial charge in [-0.2, -0.15) is 5.10 Å². The molecule has 0 fully saturated rings. The molecule has 4 rings (SSSR count). The monoisotopic (exact) mass is 296 g/mol. The molecule has 0 bridgehead atoms. The summed E-state index contributed by atoms with van der Waals surface area (Å²) in [5, 5.41) is 6.42. The van der Waals surface area contributed by atoms with Crippen LogP contribution in [0.2, 0.25) is 5.02 Å². The van der Waals surface area contributed by atoms with Gasteiger partial charge in [0, 0.05) is 23.2 Å². The number of hydrogen-bond donors (Lipinski definition) is 1. The van der Waals surface area contributed by atoms with E-state index in [2.05, 4.69) is 28.1 Å². The van der Waals surface area contributed by atoms with E-state index in [-0.39, 0.29) is 0 Å². The summed E-state index contributed by atoms with van der Waals surface area (Å²) >= 11 is 6.07. The van der Waals surface area contributed by atoms with Gasteiger partial charge in [-0.1, -0.05) is 11.6 Å². The summed E-state index contributed by atoms with van der Waals surface area (Å²) in [6.45, 7) is 2.88. The second-order valence-electron chi connectivity index (χ2n) is 4.95. The van der Waals surface area contributed by atoms with E-state index in [1.165, 1.54) is 0 Å². The summed E-state index contributed by atoms with van der Waals surface area (Å²) in [7, 11) is 0. The van der Waals surface area contributed by atoms with Gasteiger partial charge in [0.1, 0.15) is 0 Å². The van der Waals surface area contributed by atoms with Gasteiger partial charge in [-0.25, -0.2) is 0 Å². The minimum Gasteiger partial charge on any atom is -0.352 e. The van der Waals surface area contributed by atoms with Crippen molar-refractivity contribution in [2.75, 3.05) is 0 Å². The van der Waals surface area contributed by atoms with Crippen LogP contribution in [0.3, 0.4) is 0 Å². The molecule has 0 spiro atoms. The third kappa shape index (κ3) is 1.91. The molecule has 1 N–H and O–H groups in total. The van der Waals surface area contributed by atoms with Crippen molar-refractivity contribution < 1.29 is 0 Å². The number of pyridine rings is 1. The van der Waals surface area contributed by atoms with E-state index in [0.717, 1.165) is 39.9 Å². The molecule has 0 aliphatic rings. The van der Waals surface area contributed by atoms with E-state index >= 15 is 0 Å². The molecule has 3 heterocycles. The van der Waals surface area contributed by atoms with Crippen LogP contribution in [0.5, 0.6) is 0 Å². The fraction of sp³-hybridized carbons (Fsp3) is 0.125. The summed E-state index contributed by atoms with van der Waals surface area (Å²) in [5.74, 6) is 0. The Labute approximate surface area is 126 Å². The fourth-order valence-corrected chi connectivity index (χ4v) is 2.87. The topological polar surface area (TPSA) is 46.5 Å². The highest BCUT2D eigenvalue weighted by atomic mass is 35.5. The number of rotatable bonds is 2. The van der Waals surface area contributed by atoms with Crippen molar-refractivity contribution >= 4 is 33.5 Å². The lowest BCUT2D eigenvalue weighted by molar-refractivity contribution is 0.674. The van der Waals surface area contributed by atoms with Crippen molar-refractivity contribution in [3.05, 3.63) is 47.6 Å². The molecule has 0 aliphatic carbocycles. The molecule has 0 radical (unpaired) electrons. The van der Waals surface area contributed by atoms with Gasteiger partial charge in [-0.3, -0.25) is 9.67 Å². The maximum absolute atomic E-state index is 6.07. The van der Waals surface area contributed by atoms with Gasteiger partial charge in [0.15, 0.2) is 0 Å². The molecule has 0 atom stereocenters. The van der Waals surface area contributed by atoms with Crippen LogP contribution in [0.15, 0.2) is 42.6 Å². The predicted octanol–water partition coefficient (Wildman–Crippen LogP) is 4.25. The summed E-state index contributed by atoms with van der Waals surface area (Å²) in [5.41, 5.74) is 4.99. The Hall–Kier alpha value is -2.33. The molecule has 0 saturated heterocycles. The van der Waals surface area contributed by atoms with Gasteiger partial charge in [-0.15, -0.1) is 0 Å². The Bertz CT molecular complexity index is 918. The van der Waals surface area contributed by atoms with E-state index in [0.29, 0.717) is 5.02 Å². The van der Waals surface area contributed by atoms with Crippen LogP contribution in [0.1, 0.15) is 6.92 Å². The van der Waals surface area contributed by atoms with Crippen molar-refractivity contribution in [3.8, 4) is 11.4 Å². The van der Waals surface area contributed by atoms with E-state index in [4.69, 9.17) is 11.6 Å². The minimum atomic E-state index is 0.702. The smallest absolute Gasteiger partial charge is 0.0945 e. The standard InChI is InChI=1S/C16H13ClN4/c1-2-21-16(11-6-5-10(17)8-13(11)20-21)15-9-14-12(19-15)4-3-7-18-14/h3-9,19H,2H2,1H3. The lowest BCUT2D eigenvalue weighted by Crippen LogP contribution is -1.98. The lowest BCUT2D eigenvalue weighted by Gasteiger charge is -2.02. The molecule has 21 heavy (non-hydrogen) atoms. The largest absolute Gasteiger partial charge is 0.352 e. The number of aromatic amines is 1. The molecule has 3 aromatic heterocycles.